The maximum Gasteiger partial charge on any atom is 0.305 e. The van der Waals surface area contributed by atoms with E-state index in [1.165, 1.54) is 0 Å². The fraction of sp³-hybridized carbons (Fsp3) is 0.312. The SMILES string of the molecule is CCOC(=O)CCCC(=O)c1ccc(N[C@H](CC(C)C)c2ccc(-c3noc(-c4ccccc4)n3)cc2)cc1. The molecule has 202 valence electrons. The van der Waals surface area contributed by atoms with Gasteiger partial charge in [-0.25, -0.2) is 0 Å². The Kier molecular flexibility index (Phi) is 9.62. The summed E-state index contributed by atoms with van der Waals surface area (Å²) >= 11 is 0. The topological polar surface area (TPSA) is 94.3 Å². The van der Waals surface area contributed by atoms with Gasteiger partial charge in [0, 0.05) is 35.2 Å². The summed E-state index contributed by atoms with van der Waals surface area (Å²) in [6.45, 7) is 6.53. The number of hydrogen-bond donors (Lipinski definition) is 1. The summed E-state index contributed by atoms with van der Waals surface area (Å²) in [5.74, 6) is 1.29. The molecule has 1 N–H and O–H groups in total. The molecule has 4 aromatic rings. The van der Waals surface area contributed by atoms with Gasteiger partial charge in [-0.15, -0.1) is 0 Å². The van der Waals surface area contributed by atoms with Gasteiger partial charge in [-0.05, 0) is 67.6 Å². The zero-order chi connectivity index (χ0) is 27.6. The maximum absolute atomic E-state index is 12.5. The summed E-state index contributed by atoms with van der Waals surface area (Å²) in [4.78, 5) is 28.6. The lowest BCUT2D eigenvalue weighted by atomic mass is 9.95. The number of esters is 1. The third-order valence-electron chi connectivity index (χ3n) is 6.36. The second kappa shape index (κ2) is 13.5. The summed E-state index contributed by atoms with van der Waals surface area (Å²) in [7, 11) is 0. The van der Waals surface area contributed by atoms with Crippen LogP contribution in [0.5, 0.6) is 0 Å². The molecule has 0 aliphatic rings. The predicted molar refractivity (Wildman–Crippen MR) is 152 cm³/mol. The van der Waals surface area contributed by atoms with Gasteiger partial charge in [-0.2, -0.15) is 4.98 Å². The Balaban J connectivity index is 1.40. The van der Waals surface area contributed by atoms with E-state index < -0.39 is 0 Å². The molecule has 0 saturated heterocycles. The van der Waals surface area contributed by atoms with Crippen LogP contribution in [0.15, 0.2) is 83.4 Å². The maximum atomic E-state index is 12.5. The van der Waals surface area contributed by atoms with E-state index in [0.29, 0.717) is 42.6 Å². The summed E-state index contributed by atoms with van der Waals surface area (Å²) in [6, 6.07) is 25.6. The number of ketones is 1. The molecule has 39 heavy (non-hydrogen) atoms. The van der Waals surface area contributed by atoms with E-state index in [-0.39, 0.29) is 24.2 Å². The van der Waals surface area contributed by atoms with Crippen LogP contribution in [0.3, 0.4) is 0 Å². The summed E-state index contributed by atoms with van der Waals surface area (Å²) < 4.78 is 10.4. The van der Waals surface area contributed by atoms with E-state index in [1.807, 2.05) is 66.7 Å². The van der Waals surface area contributed by atoms with Crippen molar-refractivity contribution < 1.29 is 18.8 Å². The Morgan fingerprint density at radius 3 is 2.28 bits per heavy atom. The number of Topliss-reactive ketones (excluding diaryl/α,β-unsaturated/α-hetero) is 1. The van der Waals surface area contributed by atoms with E-state index in [9.17, 15) is 9.59 Å². The van der Waals surface area contributed by atoms with E-state index in [0.717, 1.165) is 28.8 Å². The molecule has 0 bridgehead atoms. The number of carbonyl (C=O) groups excluding carboxylic acids is 2. The van der Waals surface area contributed by atoms with Crippen molar-refractivity contribution in [3.05, 3.63) is 90.0 Å². The normalized spacial score (nSPS) is 11.8. The Morgan fingerprint density at radius 1 is 0.897 bits per heavy atom. The zero-order valence-corrected chi connectivity index (χ0v) is 22.7. The van der Waals surface area contributed by atoms with Crippen LogP contribution in [0.2, 0.25) is 0 Å². The number of nitrogens with zero attached hydrogens (tertiary/aromatic N) is 2. The van der Waals surface area contributed by atoms with Crippen LogP contribution in [0.25, 0.3) is 22.8 Å². The first-order valence-electron chi connectivity index (χ1n) is 13.5. The molecule has 0 saturated carbocycles. The quantitative estimate of drug-likeness (QED) is 0.142. The van der Waals surface area contributed by atoms with Crippen molar-refractivity contribution in [3.8, 4) is 22.8 Å². The molecule has 0 amide bonds. The summed E-state index contributed by atoms with van der Waals surface area (Å²) in [5.41, 5.74) is 4.51. The van der Waals surface area contributed by atoms with Gasteiger partial charge in [0.05, 0.1) is 12.6 Å². The highest BCUT2D eigenvalue weighted by atomic mass is 16.5. The zero-order valence-electron chi connectivity index (χ0n) is 22.7. The minimum Gasteiger partial charge on any atom is -0.466 e. The first kappa shape index (κ1) is 27.8. The van der Waals surface area contributed by atoms with Crippen LogP contribution in [0, 0.1) is 5.92 Å². The van der Waals surface area contributed by atoms with Gasteiger partial charge < -0.3 is 14.6 Å². The van der Waals surface area contributed by atoms with Crippen LogP contribution in [0.1, 0.15) is 68.4 Å². The number of rotatable bonds is 13. The van der Waals surface area contributed by atoms with Gasteiger partial charge in [0.1, 0.15) is 0 Å². The second-order valence-corrected chi connectivity index (χ2v) is 9.90. The van der Waals surface area contributed by atoms with Gasteiger partial charge in [-0.3, -0.25) is 9.59 Å². The Labute approximate surface area is 229 Å². The number of anilines is 1. The molecule has 0 radical (unpaired) electrons. The minimum absolute atomic E-state index is 0.0251. The van der Waals surface area contributed by atoms with Gasteiger partial charge in [0.15, 0.2) is 5.78 Å². The average molecular weight is 526 g/mol. The molecule has 0 aliphatic heterocycles. The number of hydrogen-bond acceptors (Lipinski definition) is 7. The minimum atomic E-state index is -0.261. The summed E-state index contributed by atoms with van der Waals surface area (Å²) in [5, 5.41) is 7.79. The third-order valence-corrected chi connectivity index (χ3v) is 6.36. The number of carbonyl (C=O) groups is 2. The van der Waals surface area contributed by atoms with E-state index >= 15 is 0 Å². The highest BCUT2D eigenvalue weighted by Gasteiger charge is 2.16. The molecule has 3 aromatic carbocycles. The van der Waals surface area contributed by atoms with Gasteiger partial charge in [0.25, 0.3) is 5.89 Å². The monoisotopic (exact) mass is 525 g/mol. The van der Waals surface area contributed by atoms with Gasteiger partial charge >= 0.3 is 5.97 Å². The van der Waals surface area contributed by atoms with Crippen molar-refractivity contribution in [1.82, 2.24) is 10.1 Å². The lowest BCUT2D eigenvalue weighted by molar-refractivity contribution is -0.143. The predicted octanol–water partition coefficient (Wildman–Crippen LogP) is 7.52. The second-order valence-electron chi connectivity index (χ2n) is 9.90. The first-order valence-corrected chi connectivity index (χ1v) is 13.5. The number of nitrogens with one attached hydrogen (secondary N) is 1. The van der Waals surface area contributed by atoms with Crippen LogP contribution < -0.4 is 5.32 Å². The highest BCUT2D eigenvalue weighted by molar-refractivity contribution is 5.96. The van der Waals surface area contributed by atoms with Crippen molar-refractivity contribution in [3.63, 3.8) is 0 Å². The Hall–Kier alpha value is -4.26. The van der Waals surface area contributed by atoms with Crippen LogP contribution >= 0.6 is 0 Å². The lowest BCUT2D eigenvalue weighted by Crippen LogP contribution is -2.13. The molecule has 0 fully saturated rings. The van der Waals surface area contributed by atoms with E-state index in [2.05, 4.69) is 41.4 Å². The molecule has 1 atom stereocenters. The van der Waals surface area contributed by atoms with Crippen LogP contribution in [-0.4, -0.2) is 28.5 Å². The molecule has 0 aliphatic carbocycles. The molecule has 1 heterocycles. The smallest absolute Gasteiger partial charge is 0.305 e. The standard InChI is InChI=1S/C32H35N3O4/c1-4-38-30(37)12-8-11-29(36)24-17-19-27(20-18-24)33-28(21-22(2)3)23-13-15-25(16-14-23)31-34-32(39-35-31)26-9-6-5-7-10-26/h5-7,9-10,13-20,22,28,33H,4,8,11-12,21H2,1-3H3/t28-/m1/s1. The van der Waals surface area contributed by atoms with Crippen molar-refractivity contribution in [1.29, 1.82) is 0 Å². The van der Waals surface area contributed by atoms with Crippen molar-refractivity contribution in [2.24, 2.45) is 5.92 Å². The molecule has 0 unspecified atom stereocenters. The summed E-state index contributed by atoms with van der Waals surface area (Å²) in [6.07, 6.45) is 2.01. The van der Waals surface area contributed by atoms with Gasteiger partial charge in [0.2, 0.25) is 5.82 Å². The van der Waals surface area contributed by atoms with Crippen molar-refractivity contribution in [2.75, 3.05) is 11.9 Å². The number of aromatic nitrogens is 2. The number of ether oxygens (including phenoxy) is 1. The van der Waals surface area contributed by atoms with Gasteiger partial charge in [-0.1, -0.05) is 61.5 Å². The van der Waals surface area contributed by atoms with Crippen molar-refractivity contribution in [2.45, 2.75) is 52.5 Å². The Morgan fingerprint density at radius 2 is 1.62 bits per heavy atom. The molecule has 0 spiro atoms. The largest absolute Gasteiger partial charge is 0.466 e. The lowest BCUT2D eigenvalue weighted by Gasteiger charge is -2.22. The Bertz CT molecular complexity index is 1350. The molecule has 7 nitrogen and oxygen atoms in total. The highest BCUT2D eigenvalue weighted by Crippen LogP contribution is 2.29. The average Bonchev–Trinajstić information content (AvgIpc) is 3.44. The molecular formula is C32H35N3O4. The third kappa shape index (κ3) is 7.87. The fourth-order valence-corrected chi connectivity index (χ4v) is 4.38. The molecule has 4 rings (SSSR count). The fourth-order valence-electron chi connectivity index (χ4n) is 4.38. The molecule has 1 aromatic heterocycles. The first-order chi connectivity index (χ1) is 18.9. The van der Waals surface area contributed by atoms with Crippen LogP contribution in [-0.2, 0) is 9.53 Å². The molecular weight excluding hydrogens is 490 g/mol. The van der Waals surface area contributed by atoms with Crippen molar-refractivity contribution >= 4 is 17.4 Å². The molecule has 7 heteroatoms. The van der Waals surface area contributed by atoms with E-state index in [1.54, 1.807) is 6.92 Å². The van der Waals surface area contributed by atoms with E-state index in [4.69, 9.17) is 9.26 Å². The van der Waals surface area contributed by atoms with Crippen LogP contribution in [0.4, 0.5) is 5.69 Å². The number of benzene rings is 3.